The second-order valence-electron chi connectivity index (χ2n) is 5.12. The maximum absolute atomic E-state index is 11.9. The van der Waals surface area contributed by atoms with Crippen LogP contribution in [0.15, 0.2) is 60.4 Å². The van der Waals surface area contributed by atoms with Gasteiger partial charge in [0.15, 0.2) is 0 Å². The van der Waals surface area contributed by atoms with Gasteiger partial charge in [0.2, 0.25) is 11.9 Å². The molecule has 1 aliphatic rings. The van der Waals surface area contributed by atoms with Gasteiger partial charge in [0.05, 0.1) is 4.90 Å². The molecule has 0 unspecified atom stereocenters. The number of hydrogen-bond acceptors (Lipinski definition) is 6. The van der Waals surface area contributed by atoms with Crippen molar-refractivity contribution in [2.24, 2.45) is 0 Å². The molecule has 11 heteroatoms. The van der Waals surface area contributed by atoms with Gasteiger partial charge in [-0.3, -0.25) is 4.79 Å². The normalized spacial score (nSPS) is 12.7. The van der Waals surface area contributed by atoms with E-state index < -0.39 is 10.0 Å². The van der Waals surface area contributed by atoms with Crippen molar-refractivity contribution in [2.75, 3.05) is 17.0 Å². The smallest absolute Gasteiger partial charge is 0.316 e. The second-order valence-corrected chi connectivity index (χ2v) is 6.80. The monoisotopic (exact) mass is 494 g/mol. The first-order valence-corrected chi connectivity index (χ1v) is 8.98. The second kappa shape index (κ2) is 12.1. The largest absolute Gasteiger partial charge is 0.399 e. The van der Waals surface area contributed by atoms with E-state index >= 15 is 0 Å². The molecule has 27 heavy (non-hydrogen) atoms. The molecule has 0 aliphatic carbocycles. The first-order valence-electron chi connectivity index (χ1n) is 7.50. The molecule has 1 amide bonds. The van der Waals surface area contributed by atoms with Gasteiger partial charge in [-0.05, 0) is 43.0 Å². The molecule has 1 aromatic heterocycles. The molecule has 3 rings (SSSR count). The summed E-state index contributed by atoms with van der Waals surface area (Å²) < 4.78 is 26.0. The van der Waals surface area contributed by atoms with Gasteiger partial charge in [-0.15, -0.1) is 0 Å². The van der Waals surface area contributed by atoms with Crippen LogP contribution in [-0.4, -0.2) is 58.8 Å². The average Bonchev–Trinajstić information content (AvgIpc) is 3.01. The Morgan fingerprint density at radius 1 is 1.19 bits per heavy atom. The maximum Gasteiger partial charge on any atom is 0.316 e. The molecular formula is C16H21AgMgN5O3S. The topological polar surface area (TPSA) is 118 Å². The summed E-state index contributed by atoms with van der Waals surface area (Å²) in [6, 6.07) is 7.46. The standard InChI is InChI=1S/C10H10N4O2S.C6H9NO.Ag.Mg.2H/c11-8-2-4-9(5-3-8)17(15,16)14-10-12-6-1-7-13-10;1-2-7-5-3-4-6(7)8;;;;/h1-7H,11H2,(H,12,13,14);2H,1,3-5H2;;;;. The fraction of sp³-hybridized carbons (Fsp3) is 0.188. The number of nitrogen functional groups attached to an aromatic ring is 1. The van der Waals surface area contributed by atoms with Crippen molar-refractivity contribution in [3.8, 4) is 0 Å². The van der Waals surface area contributed by atoms with Gasteiger partial charge in [0.25, 0.3) is 10.0 Å². The minimum Gasteiger partial charge on any atom is -0.399 e. The zero-order valence-corrected chi connectivity index (χ0v) is 16.1. The average molecular weight is 496 g/mol. The van der Waals surface area contributed by atoms with Crippen LogP contribution in [0, 0.1) is 0 Å². The fourth-order valence-electron chi connectivity index (χ4n) is 2.04. The minimum atomic E-state index is -3.66. The van der Waals surface area contributed by atoms with Gasteiger partial charge in [-0.25, -0.2) is 23.1 Å². The van der Waals surface area contributed by atoms with Crippen molar-refractivity contribution >= 4 is 50.6 Å². The third kappa shape index (κ3) is 7.99. The number of carbonyl (C=O) groups excluding carboxylic acids is 1. The van der Waals surface area contributed by atoms with E-state index in [2.05, 4.69) is 21.3 Å². The number of amides is 1. The summed E-state index contributed by atoms with van der Waals surface area (Å²) in [6.45, 7) is 4.36. The predicted molar refractivity (Wildman–Crippen MR) is 103 cm³/mol. The number of nitrogens with two attached hydrogens (primary N) is 1. The predicted octanol–water partition coefficient (Wildman–Crippen LogP) is 0.693. The zero-order valence-electron chi connectivity index (χ0n) is 13.8. The molecule has 1 aromatic carbocycles. The number of anilines is 2. The van der Waals surface area contributed by atoms with E-state index in [1.165, 1.54) is 36.7 Å². The van der Waals surface area contributed by atoms with Crippen LogP contribution in [-0.2, 0) is 37.2 Å². The van der Waals surface area contributed by atoms with Crippen LogP contribution in [0.4, 0.5) is 11.6 Å². The Morgan fingerprint density at radius 2 is 1.78 bits per heavy atom. The summed E-state index contributed by atoms with van der Waals surface area (Å²) in [7, 11) is -3.66. The SMILES string of the molecule is C=CN1CCCC1=O.Nc1ccc(S(=O)(=O)Nc2ncccn2)cc1.[Ag].[MgH2]. The summed E-state index contributed by atoms with van der Waals surface area (Å²) >= 11 is 0. The number of likely N-dealkylation sites (tertiary alicyclic amines) is 1. The number of carbonyl (C=O) groups is 1. The van der Waals surface area contributed by atoms with E-state index in [0.29, 0.717) is 12.1 Å². The molecule has 147 valence electrons. The first-order chi connectivity index (χ1) is 11.9. The number of benzene rings is 1. The van der Waals surface area contributed by atoms with Crippen LogP contribution in [0.2, 0.25) is 0 Å². The molecule has 0 bridgehead atoms. The van der Waals surface area contributed by atoms with Crippen molar-refractivity contribution in [3.05, 3.63) is 55.5 Å². The molecule has 1 aliphatic heterocycles. The Labute approximate surface area is 190 Å². The van der Waals surface area contributed by atoms with Gasteiger partial charge in [0, 0.05) is 53.4 Å². The Kier molecular flexibility index (Phi) is 11.5. The maximum atomic E-state index is 11.9. The molecule has 2 heterocycles. The molecule has 0 atom stereocenters. The zero-order chi connectivity index (χ0) is 18.3. The number of rotatable bonds is 4. The van der Waals surface area contributed by atoms with Gasteiger partial charge in [-0.1, -0.05) is 6.58 Å². The van der Waals surface area contributed by atoms with Crippen LogP contribution in [0.1, 0.15) is 12.8 Å². The molecule has 1 fully saturated rings. The minimum absolute atomic E-state index is 0. The summed E-state index contributed by atoms with van der Waals surface area (Å²) in [5.41, 5.74) is 5.98. The summed E-state index contributed by atoms with van der Waals surface area (Å²) in [5, 5.41) is 0. The molecule has 2 aromatic rings. The molecule has 1 radical (unpaired) electrons. The van der Waals surface area contributed by atoms with Crippen LogP contribution >= 0.6 is 0 Å². The number of nitrogens with one attached hydrogen (secondary N) is 1. The Balaban J connectivity index is 0.000000577. The number of sulfonamides is 1. The van der Waals surface area contributed by atoms with Crippen LogP contribution in [0.5, 0.6) is 0 Å². The van der Waals surface area contributed by atoms with Crippen LogP contribution in [0.25, 0.3) is 0 Å². The van der Waals surface area contributed by atoms with Crippen molar-refractivity contribution < 1.29 is 35.6 Å². The number of hydrogen-bond donors (Lipinski definition) is 2. The summed E-state index contributed by atoms with van der Waals surface area (Å²) in [6.07, 6.45) is 6.19. The fourth-order valence-corrected chi connectivity index (χ4v) is 3.00. The third-order valence-corrected chi connectivity index (χ3v) is 4.66. The van der Waals surface area contributed by atoms with Crippen molar-refractivity contribution in [1.29, 1.82) is 0 Å². The number of aromatic nitrogens is 2. The molecule has 0 spiro atoms. The molecule has 0 saturated carbocycles. The van der Waals surface area contributed by atoms with E-state index in [0.717, 1.165) is 13.0 Å². The number of nitrogens with zero attached hydrogens (tertiary/aromatic N) is 3. The van der Waals surface area contributed by atoms with Crippen LogP contribution < -0.4 is 10.5 Å². The molecular weight excluding hydrogens is 474 g/mol. The van der Waals surface area contributed by atoms with Gasteiger partial charge in [-0.2, -0.15) is 0 Å². The van der Waals surface area contributed by atoms with E-state index in [-0.39, 0.29) is 62.2 Å². The summed E-state index contributed by atoms with van der Waals surface area (Å²) in [5.74, 6) is 0.240. The quantitative estimate of drug-likeness (QED) is 0.476. The molecule has 3 N–H and O–H groups in total. The van der Waals surface area contributed by atoms with Crippen molar-refractivity contribution in [1.82, 2.24) is 14.9 Å². The van der Waals surface area contributed by atoms with E-state index in [1.807, 2.05) is 0 Å². The third-order valence-electron chi connectivity index (χ3n) is 3.31. The van der Waals surface area contributed by atoms with Gasteiger partial charge >= 0.3 is 23.1 Å². The van der Waals surface area contributed by atoms with Crippen LogP contribution in [0.3, 0.4) is 0 Å². The molecule has 1 saturated heterocycles. The van der Waals surface area contributed by atoms with Gasteiger partial charge < -0.3 is 10.6 Å². The van der Waals surface area contributed by atoms with E-state index in [1.54, 1.807) is 17.2 Å². The van der Waals surface area contributed by atoms with Crippen molar-refractivity contribution in [2.45, 2.75) is 17.7 Å². The Bertz CT molecular complexity index is 835. The Morgan fingerprint density at radius 3 is 2.22 bits per heavy atom. The van der Waals surface area contributed by atoms with E-state index in [9.17, 15) is 13.2 Å². The van der Waals surface area contributed by atoms with Crippen molar-refractivity contribution in [3.63, 3.8) is 0 Å². The Hall–Kier alpha value is -1.43. The van der Waals surface area contributed by atoms with Gasteiger partial charge in [0.1, 0.15) is 0 Å². The first kappa shape index (κ1) is 25.6. The summed E-state index contributed by atoms with van der Waals surface area (Å²) in [4.78, 5) is 20.0. The molecule has 8 nitrogen and oxygen atoms in total. The van der Waals surface area contributed by atoms with E-state index in [4.69, 9.17) is 5.73 Å².